The normalized spacial score (nSPS) is 14.7. The van der Waals surface area contributed by atoms with Gasteiger partial charge in [0.1, 0.15) is 5.82 Å². The molecule has 0 atom stereocenters. The molecule has 4 nitrogen and oxygen atoms in total. The molecule has 24 heavy (non-hydrogen) atoms. The van der Waals surface area contributed by atoms with Crippen molar-refractivity contribution < 1.29 is 13.9 Å². The van der Waals surface area contributed by atoms with Crippen LogP contribution in [0.25, 0.3) is 0 Å². The molecule has 2 aromatic carbocycles. The fraction of sp³-hybridized carbons (Fsp3) is 0.333. The zero-order valence-corrected chi connectivity index (χ0v) is 15.3. The summed E-state index contributed by atoms with van der Waals surface area (Å²) < 4.78 is 24.8. The smallest absolute Gasteiger partial charge is 0.162 e. The standard InChI is InChI=1S/C18H20BrFN2O2/c1-23-17-11-15(19)16(12-18(17)24-2)22-9-7-21(8-10-22)14-5-3-13(20)4-6-14/h3-6,11-12H,7-10H2,1-2H3. The van der Waals surface area contributed by atoms with Crippen LogP contribution in [0.2, 0.25) is 0 Å². The zero-order valence-electron chi connectivity index (χ0n) is 13.8. The Hall–Kier alpha value is -1.95. The number of anilines is 2. The highest BCUT2D eigenvalue weighted by Gasteiger charge is 2.21. The Labute approximate surface area is 149 Å². The average Bonchev–Trinajstić information content (AvgIpc) is 2.62. The first-order valence-corrected chi connectivity index (χ1v) is 8.58. The van der Waals surface area contributed by atoms with E-state index in [1.165, 1.54) is 12.1 Å². The maximum Gasteiger partial charge on any atom is 0.162 e. The van der Waals surface area contributed by atoms with E-state index in [1.807, 2.05) is 24.3 Å². The first-order valence-electron chi connectivity index (χ1n) is 7.79. The number of halogens is 2. The summed E-state index contributed by atoms with van der Waals surface area (Å²) in [5.41, 5.74) is 2.15. The number of piperazine rings is 1. The molecule has 1 fully saturated rings. The van der Waals surface area contributed by atoms with Gasteiger partial charge in [-0.3, -0.25) is 0 Å². The van der Waals surface area contributed by atoms with E-state index in [0.717, 1.165) is 47.8 Å². The third-order valence-electron chi connectivity index (χ3n) is 4.27. The van der Waals surface area contributed by atoms with Crippen molar-refractivity contribution in [2.75, 3.05) is 50.2 Å². The van der Waals surface area contributed by atoms with Crippen LogP contribution in [0.1, 0.15) is 0 Å². The van der Waals surface area contributed by atoms with Crippen LogP contribution >= 0.6 is 15.9 Å². The fourth-order valence-corrected chi connectivity index (χ4v) is 3.52. The summed E-state index contributed by atoms with van der Waals surface area (Å²) in [6.07, 6.45) is 0. The fourth-order valence-electron chi connectivity index (χ4n) is 2.94. The lowest BCUT2D eigenvalue weighted by Gasteiger charge is -2.38. The van der Waals surface area contributed by atoms with Gasteiger partial charge in [0.25, 0.3) is 0 Å². The highest BCUT2D eigenvalue weighted by molar-refractivity contribution is 9.10. The first-order chi connectivity index (χ1) is 11.6. The molecule has 0 N–H and O–H groups in total. The molecule has 3 rings (SSSR count). The molecule has 1 aliphatic heterocycles. The van der Waals surface area contributed by atoms with E-state index in [1.54, 1.807) is 14.2 Å². The molecule has 0 saturated carbocycles. The Morgan fingerprint density at radius 1 is 0.875 bits per heavy atom. The van der Waals surface area contributed by atoms with E-state index in [0.29, 0.717) is 5.75 Å². The number of nitrogens with zero attached hydrogens (tertiary/aromatic N) is 2. The van der Waals surface area contributed by atoms with Gasteiger partial charge in [-0.15, -0.1) is 0 Å². The number of benzene rings is 2. The second-order valence-electron chi connectivity index (χ2n) is 5.61. The Balaban J connectivity index is 1.73. The van der Waals surface area contributed by atoms with Crippen LogP contribution in [0, 0.1) is 5.82 Å². The zero-order chi connectivity index (χ0) is 17.1. The van der Waals surface area contributed by atoms with Crippen LogP contribution in [0.4, 0.5) is 15.8 Å². The largest absolute Gasteiger partial charge is 0.493 e. The van der Waals surface area contributed by atoms with Gasteiger partial charge in [0.15, 0.2) is 11.5 Å². The van der Waals surface area contributed by atoms with Crippen LogP contribution in [-0.4, -0.2) is 40.4 Å². The van der Waals surface area contributed by atoms with Crippen LogP contribution < -0.4 is 19.3 Å². The summed E-state index contributed by atoms with van der Waals surface area (Å²) in [6.45, 7) is 3.52. The molecule has 0 amide bonds. The molecular formula is C18H20BrFN2O2. The van der Waals surface area contributed by atoms with Crippen molar-refractivity contribution in [2.45, 2.75) is 0 Å². The van der Waals surface area contributed by atoms with Crippen molar-refractivity contribution in [3.8, 4) is 11.5 Å². The first kappa shape index (κ1) is 16.9. The minimum atomic E-state index is -0.202. The second-order valence-corrected chi connectivity index (χ2v) is 6.46. The summed E-state index contributed by atoms with van der Waals surface area (Å²) in [7, 11) is 3.27. The summed E-state index contributed by atoms with van der Waals surface area (Å²) in [6, 6.07) is 10.6. The van der Waals surface area contributed by atoms with Crippen molar-refractivity contribution in [3.63, 3.8) is 0 Å². The number of hydrogen-bond donors (Lipinski definition) is 0. The summed E-state index contributed by atoms with van der Waals surface area (Å²) in [5, 5.41) is 0. The average molecular weight is 395 g/mol. The minimum Gasteiger partial charge on any atom is -0.493 e. The Morgan fingerprint density at radius 2 is 1.42 bits per heavy atom. The Kier molecular flexibility index (Phi) is 5.14. The van der Waals surface area contributed by atoms with Gasteiger partial charge in [-0.05, 0) is 40.2 Å². The van der Waals surface area contributed by atoms with Crippen LogP contribution in [0.5, 0.6) is 11.5 Å². The van der Waals surface area contributed by atoms with Crippen molar-refractivity contribution in [2.24, 2.45) is 0 Å². The molecule has 1 aliphatic rings. The second kappa shape index (κ2) is 7.30. The maximum atomic E-state index is 13.1. The van der Waals surface area contributed by atoms with Crippen molar-refractivity contribution in [1.29, 1.82) is 0 Å². The lowest BCUT2D eigenvalue weighted by atomic mass is 10.2. The molecule has 0 bridgehead atoms. The highest BCUT2D eigenvalue weighted by Crippen LogP contribution is 2.38. The van der Waals surface area contributed by atoms with E-state index in [9.17, 15) is 4.39 Å². The molecule has 1 heterocycles. The summed E-state index contributed by atoms with van der Waals surface area (Å²) in [5.74, 6) is 1.22. The Morgan fingerprint density at radius 3 is 2.00 bits per heavy atom. The van der Waals surface area contributed by atoms with Gasteiger partial charge >= 0.3 is 0 Å². The topological polar surface area (TPSA) is 24.9 Å². The molecule has 0 aromatic heterocycles. The van der Waals surface area contributed by atoms with E-state index < -0.39 is 0 Å². The maximum absolute atomic E-state index is 13.1. The predicted octanol–water partition coefficient (Wildman–Crippen LogP) is 3.93. The summed E-state index contributed by atoms with van der Waals surface area (Å²) >= 11 is 3.62. The predicted molar refractivity (Wildman–Crippen MR) is 98.1 cm³/mol. The van der Waals surface area contributed by atoms with Crippen LogP contribution in [0.3, 0.4) is 0 Å². The molecule has 1 saturated heterocycles. The van der Waals surface area contributed by atoms with Gasteiger partial charge in [0, 0.05) is 48.5 Å². The molecule has 0 radical (unpaired) electrons. The van der Waals surface area contributed by atoms with Gasteiger partial charge in [0.2, 0.25) is 0 Å². The molecule has 0 spiro atoms. The van der Waals surface area contributed by atoms with Gasteiger partial charge < -0.3 is 19.3 Å². The third-order valence-corrected chi connectivity index (χ3v) is 4.90. The molecule has 0 unspecified atom stereocenters. The van der Waals surface area contributed by atoms with Crippen molar-refractivity contribution in [3.05, 3.63) is 46.7 Å². The van der Waals surface area contributed by atoms with Crippen LogP contribution in [0.15, 0.2) is 40.9 Å². The van der Waals surface area contributed by atoms with E-state index in [4.69, 9.17) is 9.47 Å². The molecule has 128 valence electrons. The monoisotopic (exact) mass is 394 g/mol. The van der Waals surface area contributed by atoms with Gasteiger partial charge in [-0.1, -0.05) is 0 Å². The number of ether oxygens (including phenoxy) is 2. The van der Waals surface area contributed by atoms with Crippen molar-refractivity contribution in [1.82, 2.24) is 0 Å². The molecule has 0 aliphatic carbocycles. The van der Waals surface area contributed by atoms with Gasteiger partial charge in [0.05, 0.1) is 19.9 Å². The molecule has 2 aromatic rings. The molecule has 6 heteroatoms. The highest BCUT2D eigenvalue weighted by atomic mass is 79.9. The van der Waals surface area contributed by atoms with Gasteiger partial charge in [-0.2, -0.15) is 0 Å². The van der Waals surface area contributed by atoms with Crippen LogP contribution in [-0.2, 0) is 0 Å². The number of hydrogen-bond acceptors (Lipinski definition) is 4. The van der Waals surface area contributed by atoms with Crippen molar-refractivity contribution >= 4 is 27.3 Å². The SMILES string of the molecule is COc1cc(Br)c(N2CCN(c3ccc(F)cc3)CC2)cc1OC. The van der Waals surface area contributed by atoms with E-state index >= 15 is 0 Å². The third kappa shape index (κ3) is 3.43. The lowest BCUT2D eigenvalue weighted by molar-refractivity contribution is 0.354. The molecular weight excluding hydrogens is 375 g/mol. The number of rotatable bonds is 4. The van der Waals surface area contributed by atoms with E-state index in [-0.39, 0.29) is 5.82 Å². The number of methoxy groups -OCH3 is 2. The van der Waals surface area contributed by atoms with E-state index in [2.05, 4.69) is 25.7 Å². The Bertz CT molecular complexity index is 701. The summed E-state index contributed by atoms with van der Waals surface area (Å²) in [4.78, 5) is 4.58. The van der Waals surface area contributed by atoms with Gasteiger partial charge in [-0.25, -0.2) is 4.39 Å². The minimum absolute atomic E-state index is 0.202. The quantitative estimate of drug-likeness (QED) is 0.783. The lowest BCUT2D eigenvalue weighted by Crippen LogP contribution is -2.46.